The van der Waals surface area contributed by atoms with E-state index in [1.807, 2.05) is 63.8 Å². The quantitative estimate of drug-likeness (QED) is 0.812. The van der Waals surface area contributed by atoms with E-state index in [9.17, 15) is 14.4 Å². The predicted molar refractivity (Wildman–Crippen MR) is 111 cm³/mol. The summed E-state index contributed by atoms with van der Waals surface area (Å²) >= 11 is 0. The summed E-state index contributed by atoms with van der Waals surface area (Å²) in [6, 6.07) is 7.36. The third-order valence-electron chi connectivity index (χ3n) is 5.10. The number of amides is 3. The van der Waals surface area contributed by atoms with Crippen LogP contribution >= 0.6 is 0 Å². The number of benzene rings is 1. The molecular formula is C22H33N3O3. The van der Waals surface area contributed by atoms with Crippen molar-refractivity contribution in [3.8, 4) is 0 Å². The molecule has 3 amide bonds. The molecular weight excluding hydrogens is 354 g/mol. The Morgan fingerprint density at radius 1 is 1.18 bits per heavy atom. The van der Waals surface area contributed by atoms with E-state index in [1.54, 1.807) is 0 Å². The van der Waals surface area contributed by atoms with Crippen molar-refractivity contribution in [2.45, 2.75) is 59.9 Å². The van der Waals surface area contributed by atoms with Crippen LogP contribution in [0.2, 0.25) is 0 Å². The molecule has 2 atom stereocenters. The van der Waals surface area contributed by atoms with Crippen LogP contribution in [-0.4, -0.2) is 35.7 Å². The smallest absolute Gasteiger partial charge is 0.227 e. The largest absolute Gasteiger partial charge is 0.349 e. The number of anilines is 1. The number of piperidine rings is 1. The first-order valence-corrected chi connectivity index (χ1v) is 10.1. The summed E-state index contributed by atoms with van der Waals surface area (Å²) in [6.07, 6.45) is 2.08. The highest BCUT2D eigenvalue weighted by Crippen LogP contribution is 2.24. The molecule has 6 heteroatoms. The molecule has 0 saturated carbocycles. The Bertz CT molecular complexity index is 707. The standard InChI is InChI=1S/C22H33N3O3/c1-6-19(26)24-18-11-9-16(10-12-18)15(2)23-20(27)17-8-7-13-25(14-17)21(28)22(3,4)5/h9-12,15,17H,6-8,13-14H2,1-5H3,(H,23,27)(H,24,26). The van der Waals surface area contributed by atoms with E-state index in [1.165, 1.54) is 0 Å². The Hall–Kier alpha value is -2.37. The van der Waals surface area contributed by atoms with Crippen LogP contribution < -0.4 is 10.6 Å². The van der Waals surface area contributed by atoms with Gasteiger partial charge in [-0.1, -0.05) is 39.8 Å². The van der Waals surface area contributed by atoms with Crippen molar-refractivity contribution in [2.75, 3.05) is 18.4 Å². The van der Waals surface area contributed by atoms with Gasteiger partial charge in [0.2, 0.25) is 17.7 Å². The highest BCUT2D eigenvalue weighted by molar-refractivity contribution is 5.90. The van der Waals surface area contributed by atoms with Crippen LogP contribution in [0.1, 0.15) is 65.5 Å². The van der Waals surface area contributed by atoms with Gasteiger partial charge in [-0.15, -0.1) is 0 Å². The van der Waals surface area contributed by atoms with E-state index < -0.39 is 5.41 Å². The first-order valence-electron chi connectivity index (χ1n) is 10.1. The van der Waals surface area contributed by atoms with E-state index in [4.69, 9.17) is 0 Å². The van der Waals surface area contributed by atoms with Crippen LogP contribution in [0.15, 0.2) is 24.3 Å². The topological polar surface area (TPSA) is 78.5 Å². The van der Waals surface area contributed by atoms with Crippen molar-refractivity contribution in [2.24, 2.45) is 11.3 Å². The molecule has 1 fully saturated rings. The normalized spacial score (nSPS) is 18.3. The molecule has 6 nitrogen and oxygen atoms in total. The third-order valence-corrected chi connectivity index (χ3v) is 5.10. The molecule has 1 aliphatic heterocycles. The molecule has 0 radical (unpaired) electrons. The zero-order valence-electron chi connectivity index (χ0n) is 17.7. The lowest BCUT2D eigenvalue weighted by Gasteiger charge is -2.36. The molecule has 2 rings (SSSR count). The lowest BCUT2D eigenvalue weighted by atomic mass is 9.90. The molecule has 2 N–H and O–H groups in total. The van der Waals surface area contributed by atoms with Crippen molar-refractivity contribution in [3.05, 3.63) is 29.8 Å². The molecule has 2 unspecified atom stereocenters. The Morgan fingerprint density at radius 2 is 1.82 bits per heavy atom. The second-order valence-electron chi connectivity index (χ2n) is 8.59. The van der Waals surface area contributed by atoms with Gasteiger partial charge in [-0.05, 0) is 37.5 Å². The lowest BCUT2D eigenvalue weighted by molar-refractivity contribution is -0.142. The molecule has 1 aromatic rings. The van der Waals surface area contributed by atoms with Crippen molar-refractivity contribution in [1.29, 1.82) is 0 Å². The Kier molecular flexibility index (Phi) is 7.22. The average molecular weight is 388 g/mol. The van der Waals surface area contributed by atoms with E-state index in [0.717, 1.165) is 30.6 Å². The fourth-order valence-electron chi connectivity index (χ4n) is 3.37. The summed E-state index contributed by atoms with van der Waals surface area (Å²) in [5, 5.41) is 5.89. The second kappa shape index (κ2) is 9.22. The molecule has 154 valence electrons. The lowest BCUT2D eigenvalue weighted by Crippen LogP contribution is -2.48. The molecule has 0 bridgehead atoms. The van der Waals surface area contributed by atoms with Gasteiger partial charge in [0, 0.05) is 30.6 Å². The molecule has 1 aromatic carbocycles. The van der Waals surface area contributed by atoms with Crippen molar-refractivity contribution < 1.29 is 14.4 Å². The number of carbonyl (C=O) groups excluding carboxylic acids is 3. The minimum Gasteiger partial charge on any atom is -0.349 e. The van der Waals surface area contributed by atoms with Gasteiger partial charge in [-0.2, -0.15) is 0 Å². The van der Waals surface area contributed by atoms with Crippen molar-refractivity contribution in [3.63, 3.8) is 0 Å². The third kappa shape index (κ3) is 5.81. The number of likely N-dealkylation sites (tertiary alicyclic amines) is 1. The minimum absolute atomic E-state index is 0.0118. The SMILES string of the molecule is CCC(=O)Nc1ccc(C(C)NC(=O)C2CCCN(C(=O)C(C)(C)C)C2)cc1. The van der Waals surface area contributed by atoms with Crippen LogP contribution in [0, 0.1) is 11.3 Å². The maximum Gasteiger partial charge on any atom is 0.227 e. The summed E-state index contributed by atoms with van der Waals surface area (Å²) in [5.74, 6) is -0.114. The first kappa shape index (κ1) is 21.9. The fourth-order valence-corrected chi connectivity index (χ4v) is 3.37. The van der Waals surface area contributed by atoms with Crippen LogP contribution in [0.4, 0.5) is 5.69 Å². The number of rotatable bonds is 5. The Balaban J connectivity index is 1.94. The van der Waals surface area contributed by atoms with Crippen molar-refractivity contribution in [1.82, 2.24) is 10.2 Å². The monoisotopic (exact) mass is 387 g/mol. The molecule has 1 saturated heterocycles. The van der Waals surface area contributed by atoms with Crippen LogP contribution in [-0.2, 0) is 14.4 Å². The van der Waals surface area contributed by atoms with E-state index in [2.05, 4.69) is 10.6 Å². The molecule has 0 spiro atoms. The van der Waals surface area contributed by atoms with Gasteiger partial charge in [0.25, 0.3) is 0 Å². The summed E-state index contributed by atoms with van der Waals surface area (Å²) < 4.78 is 0. The Morgan fingerprint density at radius 3 is 2.39 bits per heavy atom. The number of hydrogen-bond donors (Lipinski definition) is 2. The second-order valence-corrected chi connectivity index (χ2v) is 8.59. The highest BCUT2D eigenvalue weighted by Gasteiger charge is 2.33. The zero-order valence-corrected chi connectivity index (χ0v) is 17.7. The van der Waals surface area contributed by atoms with Crippen LogP contribution in [0.5, 0.6) is 0 Å². The van der Waals surface area contributed by atoms with Crippen LogP contribution in [0.3, 0.4) is 0 Å². The highest BCUT2D eigenvalue weighted by atomic mass is 16.2. The van der Waals surface area contributed by atoms with E-state index in [-0.39, 0.29) is 29.7 Å². The zero-order chi connectivity index (χ0) is 20.9. The maximum atomic E-state index is 12.7. The number of carbonyl (C=O) groups is 3. The number of nitrogens with one attached hydrogen (secondary N) is 2. The summed E-state index contributed by atoms with van der Waals surface area (Å²) in [4.78, 5) is 38.6. The van der Waals surface area contributed by atoms with Gasteiger partial charge in [-0.3, -0.25) is 14.4 Å². The maximum absolute atomic E-state index is 12.7. The van der Waals surface area contributed by atoms with Gasteiger partial charge in [0.15, 0.2) is 0 Å². The number of hydrogen-bond acceptors (Lipinski definition) is 3. The van der Waals surface area contributed by atoms with Gasteiger partial charge in [0.05, 0.1) is 12.0 Å². The van der Waals surface area contributed by atoms with Crippen molar-refractivity contribution >= 4 is 23.4 Å². The van der Waals surface area contributed by atoms with Gasteiger partial charge in [-0.25, -0.2) is 0 Å². The fraction of sp³-hybridized carbons (Fsp3) is 0.591. The Labute approximate surface area is 168 Å². The molecule has 1 heterocycles. The van der Waals surface area contributed by atoms with Gasteiger partial charge in [0.1, 0.15) is 0 Å². The minimum atomic E-state index is -0.430. The number of nitrogens with zero attached hydrogens (tertiary/aromatic N) is 1. The average Bonchev–Trinajstić information content (AvgIpc) is 2.67. The molecule has 28 heavy (non-hydrogen) atoms. The summed E-state index contributed by atoms with van der Waals surface area (Å²) in [6.45, 7) is 10.7. The molecule has 0 aromatic heterocycles. The van der Waals surface area contributed by atoms with Gasteiger partial charge < -0.3 is 15.5 Å². The summed E-state index contributed by atoms with van der Waals surface area (Å²) in [5.41, 5.74) is 1.29. The predicted octanol–water partition coefficient (Wildman–Crippen LogP) is 3.50. The van der Waals surface area contributed by atoms with Crippen LogP contribution in [0.25, 0.3) is 0 Å². The molecule has 1 aliphatic rings. The van der Waals surface area contributed by atoms with E-state index >= 15 is 0 Å². The summed E-state index contributed by atoms with van der Waals surface area (Å²) in [7, 11) is 0. The van der Waals surface area contributed by atoms with Gasteiger partial charge >= 0.3 is 0 Å². The molecule has 0 aliphatic carbocycles. The van der Waals surface area contributed by atoms with E-state index in [0.29, 0.717) is 13.0 Å². The first-order chi connectivity index (χ1) is 13.1.